The second-order valence-electron chi connectivity index (χ2n) is 5.39. The number of phenolic OH excluding ortho intramolecular Hbond substituents is 1. The first-order valence-electron chi connectivity index (χ1n) is 7.42. The smallest absolute Gasteiger partial charge is 0.402 e. The number of carbonyl (C=O) groups excluding carboxylic acids is 1. The number of sulfonamides is 1. The van der Waals surface area contributed by atoms with E-state index >= 15 is 0 Å². The number of rotatable bonds is 5. The van der Waals surface area contributed by atoms with Crippen LogP contribution in [0.5, 0.6) is 5.75 Å². The van der Waals surface area contributed by atoms with Gasteiger partial charge in [-0.2, -0.15) is 13.2 Å². The highest BCUT2D eigenvalue weighted by molar-refractivity contribution is 7.89. The van der Waals surface area contributed by atoms with E-state index < -0.39 is 50.1 Å². The average Bonchev–Trinajstić information content (AvgIpc) is 2.59. The lowest BCUT2D eigenvalue weighted by molar-refractivity contribution is -0.121. The minimum atomic E-state index is -4.85. The molecule has 0 aromatic heterocycles. The minimum absolute atomic E-state index is 0.0317. The van der Waals surface area contributed by atoms with Crippen LogP contribution < -0.4 is 15.4 Å². The van der Waals surface area contributed by atoms with E-state index in [1.165, 1.54) is 22.9 Å². The fourth-order valence-electron chi connectivity index (χ4n) is 2.03. The molecule has 0 fully saturated rings. The maximum Gasteiger partial charge on any atom is 0.402 e. The summed E-state index contributed by atoms with van der Waals surface area (Å²) in [6.07, 6.45) is -4.83. The van der Waals surface area contributed by atoms with Gasteiger partial charge in [-0.15, -0.1) is 0 Å². The zero-order valence-corrected chi connectivity index (χ0v) is 17.0. The molecule has 0 radical (unpaired) electrons. The summed E-state index contributed by atoms with van der Waals surface area (Å²) in [6, 6.07) is 5.49. The Morgan fingerprint density at radius 2 is 1.62 bits per heavy atom. The number of urea groups is 1. The Bertz CT molecular complexity index is 1050. The van der Waals surface area contributed by atoms with Gasteiger partial charge in [-0.05, 0) is 24.3 Å². The molecule has 0 aliphatic carbocycles. The molecular weight excluding hydrogens is 482 g/mol. The molecule has 0 atom stereocenters. The maximum absolute atomic E-state index is 12.3. The van der Waals surface area contributed by atoms with E-state index in [2.05, 4.69) is 10.6 Å². The maximum atomic E-state index is 12.3. The third-order valence-electron chi connectivity index (χ3n) is 3.26. The van der Waals surface area contributed by atoms with E-state index in [4.69, 9.17) is 34.8 Å². The van der Waals surface area contributed by atoms with E-state index in [-0.39, 0.29) is 15.7 Å². The average molecular weight is 493 g/mol. The number of nitrogens with one attached hydrogen (secondary N) is 3. The number of hydrogen-bond acceptors (Lipinski definition) is 4. The molecule has 2 aromatic carbocycles. The molecule has 14 heteroatoms. The third kappa shape index (κ3) is 6.03. The number of halogens is 6. The SMILES string of the molecule is O=C(Nc1ccc(Cl)c(S(=O)(=O)NCC(F)(F)F)c1O)Nc1cccc(Cl)c1Cl. The molecule has 2 aromatic rings. The predicted octanol–water partition coefficient (Wildman–Crippen LogP) is 4.84. The summed E-state index contributed by atoms with van der Waals surface area (Å²) in [4.78, 5) is 11.1. The van der Waals surface area contributed by atoms with E-state index in [0.29, 0.717) is 0 Å². The van der Waals surface area contributed by atoms with E-state index in [1.807, 2.05) is 0 Å². The number of alkyl halides is 3. The molecule has 2 amide bonds. The number of carbonyl (C=O) groups is 1. The van der Waals surface area contributed by atoms with Crippen LogP contribution in [0.15, 0.2) is 35.2 Å². The Hall–Kier alpha value is -1.92. The number of benzene rings is 2. The first kappa shape index (κ1) is 23.4. The topological polar surface area (TPSA) is 108 Å². The standard InChI is InChI=1S/C15H11Cl3F3N3O4S/c16-7-2-1-3-9(11(7)18)23-14(26)24-10-5-4-8(17)13(12(10)25)29(27,28)22-6-15(19,20)21/h1-5,22,25H,6H2,(H2,23,24,26). The molecule has 0 heterocycles. The van der Waals surface area contributed by atoms with Gasteiger partial charge in [-0.25, -0.2) is 17.9 Å². The van der Waals surface area contributed by atoms with Gasteiger partial charge in [0.1, 0.15) is 11.4 Å². The summed E-state index contributed by atoms with van der Waals surface area (Å²) >= 11 is 17.5. The Morgan fingerprint density at radius 3 is 2.24 bits per heavy atom. The zero-order chi connectivity index (χ0) is 22.0. The zero-order valence-electron chi connectivity index (χ0n) is 13.9. The number of anilines is 2. The largest absolute Gasteiger partial charge is 0.504 e. The third-order valence-corrected chi connectivity index (χ3v) is 5.98. The van der Waals surface area contributed by atoms with Gasteiger partial charge in [-0.1, -0.05) is 40.9 Å². The number of aromatic hydroxyl groups is 1. The van der Waals surface area contributed by atoms with Crippen molar-refractivity contribution in [3.8, 4) is 5.75 Å². The Balaban J connectivity index is 2.28. The van der Waals surface area contributed by atoms with Crippen molar-refractivity contribution < 1.29 is 31.5 Å². The summed E-state index contributed by atoms with van der Waals surface area (Å²) in [5, 5.41) is 14.3. The fraction of sp³-hybridized carbons (Fsp3) is 0.133. The highest BCUT2D eigenvalue weighted by Crippen LogP contribution is 2.37. The highest BCUT2D eigenvalue weighted by Gasteiger charge is 2.32. The fourth-order valence-corrected chi connectivity index (χ4v) is 4.02. The molecule has 7 nitrogen and oxygen atoms in total. The lowest BCUT2D eigenvalue weighted by atomic mass is 10.3. The van der Waals surface area contributed by atoms with Gasteiger partial charge in [0, 0.05) is 0 Å². The van der Waals surface area contributed by atoms with Gasteiger partial charge >= 0.3 is 12.2 Å². The number of hydrogen-bond donors (Lipinski definition) is 4. The van der Waals surface area contributed by atoms with Gasteiger partial charge in [0.25, 0.3) is 0 Å². The van der Waals surface area contributed by atoms with Crippen LogP contribution in [-0.2, 0) is 10.0 Å². The van der Waals surface area contributed by atoms with Crippen molar-refractivity contribution in [2.24, 2.45) is 0 Å². The summed E-state index contributed by atoms with van der Waals surface area (Å²) in [5.41, 5.74) is -0.317. The molecule has 0 saturated heterocycles. The Labute approximate surface area is 177 Å². The van der Waals surface area contributed by atoms with Gasteiger partial charge in [0.2, 0.25) is 10.0 Å². The molecule has 158 valence electrons. The monoisotopic (exact) mass is 491 g/mol. The normalized spacial score (nSPS) is 11.9. The van der Waals surface area contributed by atoms with Gasteiger partial charge < -0.3 is 15.7 Å². The number of amides is 2. The van der Waals surface area contributed by atoms with E-state index in [1.54, 1.807) is 0 Å². The molecule has 0 bridgehead atoms. The molecule has 29 heavy (non-hydrogen) atoms. The van der Waals surface area contributed by atoms with Gasteiger partial charge in [0.05, 0.1) is 26.4 Å². The molecular formula is C15H11Cl3F3N3O4S. The van der Waals surface area contributed by atoms with Crippen LogP contribution in [0.1, 0.15) is 0 Å². The summed E-state index contributed by atoms with van der Waals surface area (Å²) in [7, 11) is -4.85. The quantitative estimate of drug-likeness (QED) is 0.448. The van der Waals surface area contributed by atoms with Crippen molar-refractivity contribution in [2.45, 2.75) is 11.1 Å². The second-order valence-corrected chi connectivity index (χ2v) is 8.29. The molecule has 0 unspecified atom stereocenters. The molecule has 0 spiro atoms. The van der Waals surface area contributed by atoms with Gasteiger partial charge in [-0.3, -0.25) is 0 Å². The van der Waals surface area contributed by atoms with Crippen LogP contribution in [0.2, 0.25) is 15.1 Å². The number of phenols is 1. The molecule has 2 rings (SSSR count). The van der Waals surface area contributed by atoms with Crippen molar-refractivity contribution in [3.63, 3.8) is 0 Å². The summed E-state index contributed by atoms with van der Waals surface area (Å²) < 4.78 is 62.4. The van der Waals surface area contributed by atoms with Crippen LogP contribution in [0.4, 0.5) is 29.3 Å². The molecule has 0 saturated carbocycles. The minimum Gasteiger partial charge on any atom is -0.504 e. The van der Waals surface area contributed by atoms with Crippen molar-refractivity contribution in [3.05, 3.63) is 45.4 Å². The second kappa shape index (κ2) is 8.84. The Kier molecular flexibility index (Phi) is 7.12. The molecule has 0 aliphatic rings. The van der Waals surface area contributed by atoms with Crippen LogP contribution in [0.3, 0.4) is 0 Å². The predicted molar refractivity (Wildman–Crippen MR) is 103 cm³/mol. The van der Waals surface area contributed by atoms with Crippen LogP contribution >= 0.6 is 34.8 Å². The van der Waals surface area contributed by atoms with E-state index in [0.717, 1.165) is 12.1 Å². The first-order chi connectivity index (χ1) is 13.3. The van der Waals surface area contributed by atoms with Crippen LogP contribution in [-0.4, -0.2) is 32.3 Å². The van der Waals surface area contributed by atoms with Crippen LogP contribution in [0, 0.1) is 0 Å². The summed E-state index contributed by atoms with van der Waals surface area (Å²) in [6.45, 7) is -1.88. The van der Waals surface area contributed by atoms with Crippen molar-refractivity contribution in [2.75, 3.05) is 17.2 Å². The lowest BCUT2D eigenvalue weighted by Crippen LogP contribution is -2.34. The van der Waals surface area contributed by atoms with E-state index in [9.17, 15) is 31.5 Å². The summed E-state index contributed by atoms with van der Waals surface area (Å²) in [5.74, 6) is -1.06. The van der Waals surface area contributed by atoms with Gasteiger partial charge in [0.15, 0.2) is 5.75 Å². The highest BCUT2D eigenvalue weighted by atomic mass is 35.5. The Morgan fingerprint density at radius 1 is 1.00 bits per heavy atom. The van der Waals surface area contributed by atoms with Crippen molar-refractivity contribution >= 4 is 62.2 Å². The van der Waals surface area contributed by atoms with Crippen molar-refractivity contribution in [1.82, 2.24) is 4.72 Å². The van der Waals surface area contributed by atoms with Crippen LogP contribution in [0.25, 0.3) is 0 Å². The molecule has 4 N–H and O–H groups in total. The van der Waals surface area contributed by atoms with Crippen molar-refractivity contribution in [1.29, 1.82) is 0 Å². The first-order valence-corrected chi connectivity index (χ1v) is 10.0. The lowest BCUT2D eigenvalue weighted by Gasteiger charge is -2.15. The molecule has 0 aliphatic heterocycles.